The lowest BCUT2D eigenvalue weighted by Crippen LogP contribution is -2.47. The molecule has 0 amide bonds. The van der Waals surface area contributed by atoms with Gasteiger partial charge in [0.15, 0.2) is 0 Å². The van der Waals surface area contributed by atoms with E-state index in [4.69, 9.17) is 5.73 Å². The third-order valence-corrected chi connectivity index (χ3v) is 5.46. The van der Waals surface area contributed by atoms with Crippen molar-refractivity contribution in [2.24, 2.45) is 17.6 Å². The molecule has 3 unspecified atom stereocenters. The number of fused-ring (bicyclic) bond motifs is 1. The quantitative estimate of drug-likeness (QED) is 0.832. The second-order valence-electron chi connectivity index (χ2n) is 7.71. The van der Waals surface area contributed by atoms with E-state index in [9.17, 15) is 0 Å². The summed E-state index contributed by atoms with van der Waals surface area (Å²) in [5.74, 6) is 2.28. The van der Waals surface area contributed by atoms with Crippen molar-refractivity contribution in [3.05, 3.63) is 35.4 Å². The molecule has 2 aliphatic rings. The fourth-order valence-corrected chi connectivity index (χ4v) is 5.05. The first-order valence-electron chi connectivity index (χ1n) is 8.42. The highest BCUT2D eigenvalue weighted by Crippen LogP contribution is 2.43. The molecular formula is C19H29N. The SMILES string of the molecule is CC1CC(C)CC(N)(CC2CCCc3ccccc32)C1. The van der Waals surface area contributed by atoms with Crippen molar-refractivity contribution in [1.29, 1.82) is 0 Å². The summed E-state index contributed by atoms with van der Waals surface area (Å²) in [6.45, 7) is 4.76. The fourth-order valence-electron chi connectivity index (χ4n) is 5.05. The molecule has 1 fully saturated rings. The summed E-state index contributed by atoms with van der Waals surface area (Å²) in [5, 5.41) is 0. The Kier molecular flexibility index (Phi) is 3.90. The minimum Gasteiger partial charge on any atom is -0.325 e. The van der Waals surface area contributed by atoms with Crippen LogP contribution in [0.4, 0.5) is 0 Å². The fraction of sp³-hybridized carbons (Fsp3) is 0.684. The van der Waals surface area contributed by atoms with E-state index in [0.29, 0.717) is 5.92 Å². The highest BCUT2D eigenvalue weighted by Gasteiger charge is 2.37. The van der Waals surface area contributed by atoms with Gasteiger partial charge in [-0.05, 0) is 73.8 Å². The maximum absolute atomic E-state index is 6.83. The summed E-state index contributed by atoms with van der Waals surface area (Å²) in [6, 6.07) is 9.05. The van der Waals surface area contributed by atoms with Gasteiger partial charge in [-0.25, -0.2) is 0 Å². The van der Waals surface area contributed by atoms with Gasteiger partial charge in [0.2, 0.25) is 0 Å². The van der Waals surface area contributed by atoms with Crippen LogP contribution >= 0.6 is 0 Å². The number of aryl methyl sites for hydroxylation is 1. The molecule has 0 radical (unpaired) electrons. The number of hydrogen-bond acceptors (Lipinski definition) is 1. The standard InChI is InChI=1S/C19H29N/c1-14-10-15(2)12-19(20,11-14)13-17-8-5-7-16-6-3-4-9-18(16)17/h3-4,6,9,14-15,17H,5,7-8,10-13,20H2,1-2H3. The normalized spacial score (nSPS) is 37.5. The van der Waals surface area contributed by atoms with Crippen molar-refractivity contribution in [3.8, 4) is 0 Å². The lowest BCUT2D eigenvalue weighted by atomic mass is 9.66. The zero-order valence-electron chi connectivity index (χ0n) is 13.1. The molecule has 2 aliphatic carbocycles. The van der Waals surface area contributed by atoms with Gasteiger partial charge in [0.1, 0.15) is 0 Å². The summed E-state index contributed by atoms with van der Waals surface area (Å²) >= 11 is 0. The zero-order chi connectivity index (χ0) is 14.2. The van der Waals surface area contributed by atoms with E-state index in [1.165, 1.54) is 44.9 Å². The van der Waals surface area contributed by atoms with Crippen LogP contribution in [0, 0.1) is 11.8 Å². The van der Waals surface area contributed by atoms with Gasteiger partial charge >= 0.3 is 0 Å². The molecule has 1 nitrogen and oxygen atoms in total. The number of hydrogen-bond donors (Lipinski definition) is 1. The molecule has 0 bridgehead atoms. The highest BCUT2D eigenvalue weighted by atomic mass is 14.8. The molecule has 1 saturated carbocycles. The van der Waals surface area contributed by atoms with Crippen LogP contribution in [-0.2, 0) is 6.42 Å². The van der Waals surface area contributed by atoms with Crippen molar-refractivity contribution in [1.82, 2.24) is 0 Å². The summed E-state index contributed by atoms with van der Waals surface area (Å²) in [4.78, 5) is 0. The van der Waals surface area contributed by atoms with E-state index in [0.717, 1.165) is 11.8 Å². The van der Waals surface area contributed by atoms with Crippen molar-refractivity contribution >= 4 is 0 Å². The van der Waals surface area contributed by atoms with Crippen molar-refractivity contribution in [2.75, 3.05) is 0 Å². The molecule has 2 N–H and O–H groups in total. The molecule has 0 aliphatic heterocycles. The third kappa shape index (κ3) is 2.93. The first-order valence-corrected chi connectivity index (χ1v) is 8.42. The first-order chi connectivity index (χ1) is 9.56. The van der Waals surface area contributed by atoms with Crippen LogP contribution in [0.2, 0.25) is 0 Å². The van der Waals surface area contributed by atoms with E-state index >= 15 is 0 Å². The summed E-state index contributed by atoms with van der Waals surface area (Å²) in [6.07, 6.45) is 8.92. The second-order valence-corrected chi connectivity index (χ2v) is 7.71. The van der Waals surface area contributed by atoms with Gasteiger partial charge < -0.3 is 5.73 Å². The summed E-state index contributed by atoms with van der Waals surface area (Å²) < 4.78 is 0. The van der Waals surface area contributed by atoms with Crippen LogP contribution in [0.3, 0.4) is 0 Å². The summed E-state index contributed by atoms with van der Waals surface area (Å²) in [5.41, 5.74) is 10.1. The van der Waals surface area contributed by atoms with E-state index < -0.39 is 0 Å². The molecule has 0 heterocycles. The van der Waals surface area contributed by atoms with Crippen LogP contribution in [0.15, 0.2) is 24.3 Å². The maximum Gasteiger partial charge on any atom is 0.0165 e. The van der Waals surface area contributed by atoms with Crippen LogP contribution < -0.4 is 5.73 Å². The minimum absolute atomic E-state index is 0.0756. The second kappa shape index (κ2) is 5.52. The number of benzene rings is 1. The molecule has 0 aromatic heterocycles. The average Bonchev–Trinajstić information content (AvgIpc) is 2.37. The highest BCUT2D eigenvalue weighted by molar-refractivity contribution is 5.33. The van der Waals surface area contributed by atoms with Crippen molar-refractivity contribution in [2.45, 2.75) is 70.3 Å². The Hall–Kier alpha value is -0.820. The van der Waals surface area contributed by atoms with E-state index in [2.05, 4.69) is 38.1 Å². The number of rotatable bonds is 2. The van der Waals surface area contributed by atoms with Gasteiger partial charge in [-0.3, -0.25) is 0 Å². The van der Waals surface area contributed by atoms with Gasteiger partial charge in [0.05, 0.1) is 0 Å². The minimum atomic E-state index is 0.0756. The monoisotopic (exact) mass is 271 g/mol. The smallest absolute Gasteiger partial charge is 0.0165 e. The Morgan fingerprint density at radius 2 is 1.85 bits per heavy atom. The Bertz CT molecular complexity index is 455. The van der Waals surface area contributed by atoms with Gasteiger partial charge in [0.25, 0.3) is 0 Å². The molecule has 0 spiro atoms. The Labute approximate surface area is 124 Å². The topological polar surface area (TPSA) is 26.0 Å². The predicted molar refractivity (Wildman–Crippen MR) is 85.8 cm³/mol. The third-order valence-electron chi connectivity index (χ3n) is 5.46. The van der Waals surface area contributed by atoms with Crippen LogP contribution in [0.5, 0.6) is 0 Å². The largest absolute Gasteiger partial charge is 0.325 e. The van der Waals surface area contributed by atoms with Crippen LogP contribution in [0.1, 0.15) is 69.4 Å². The van der Waals surface area contributed by atoms with Gasteiger partial charge in [0, 0.05) is 5.54 Å². The molecule has 0 saturated heterocycles. The lowest BCUT2D eigenvalue weighted by molar-refractivity contribution is 0.162. The lowest BCUT2D eigenvalue weighted by Gasteiger charge is -2.43. The average molecular weight is 271 g/mol. The predicted octanol–water partition coefficient (Wildman–Crippen LogP) is 4.65. The van der Waals surface area contributed by atoms with Crippen LogP contribution in [-0.4, -0.2) is 5.54 Å². The van der Waals surface area contributed by atoms with Crippen molar-refractivity contribution < 1.29 is 0 Å². The molecule has 1 aromatic carbocycles. The van der Waals surface area contributed by atoms with Gasteiger partial charge in [-0.15, -0.1) is 0 Å². The first kappa shape index (κ1) is 14.1. The van der Waals surface area contributed by atoms with Gasteiger partial charge in [-0.1, -0.05) is 38.1 Å². The van der Waals surface area contributed by atoms with Crippen LogP contribution in [0.25, 0.3) is 0 Å². The van der Waals surface area contributed by atoms with Crippen molar-refractivity contribution in [3.63, 3.8) is 0 Å². The Morgan fingerprint density at radius 3 is 2.60 bits per heavy atom. The van der Waals surface area contributed by atoms with E-state index in [1.807, 2.05) is 0 Å². The molecular weight excluding hydrogens is 242 g/mol. The molecule has 1 heteroatoms. The zero-order valence-corrected chi connectivity index (χ0v) is 13.1. The number of nitrogens with two attached hydrogens (primary N) is 1. The Morgan fingerprint density at radius 1 is 1.15 bits per heavy atom. The molecule has 3 rings (SSSR count). The molecule has 20 heavy (non-hydrogen) atoms. The maximum atomic E-state index is 6.83. The molecule has 110 valence electrons. The molecule has 1 aromatic rings. The molecule has 3 atom stereocenters. The van der Waals surface area contributed by atoms with E-state index in [1.54, 1.807) is 11.1 Å². The Balaban J connectivity index is 1.78. The summed E-state index contributed by atoms with van der Waals surface area (Å²) in [7, 11) is 0. The van der Waals surface area contributed by atoms with Gasteiger partial charge in [-0.2, -0.15) is 0 Å². The van der Waals surface area contributed by atoms with E-state index in [-0.39, 0.29) is 5.54 Å².